The van der Waals surface area contributed by atoms with Crippen LogP contribution < -0.4 is 10.1 Å². The number of rotatable bonds is 7. The molecule has 1 N–H and O–H groups in total. The second-order valence-corrected chi connectivity index (χ2v) is 6.74. The SMILES string of the molecule is COC(=O)Nc1cc(-c2ccc(OCC(C)CC(C)C)c(F)c2)ccn1. The first-order chi connectivity index (χ1) is 12.4. The minimum Gasteiger partial charge on any atom is -0.490 e. The number of carbonyl (C=O) groups excluding carboxylic acids is 1. The van der Waals surface area contributed by atoms with Crippen molar-refractivity contribution in [2.45, 2.75) is 27.2 Å². The first kappa shape index (κ1) is 19.7. The number of carbonyl (C=O) groups is 1. The Labute approximate surface area is 153 Å². The summed E-state index contributed by atoms with van der Waals surface area (Å²) in [6, 6.07) is 8.21. The molecule has 0 radical (unpaired) electrons. The lowest BCUT2D eigenvalue weighted by molar-refractivity contribution is 0.187. The zero-order valence-electron chi connectivity index (χ0n) is 15.6. The Balaban J connectivity index is 2.09. The number of hydrogen-bond acceptors (Lipinski definition) is 4. The lowest BCUT2D eigenvalue weighted by Gasteiger charge is -2.15. The Kier molecular flexibility index (Phi) is 6.95. The predicted octanol–water partition coefficient (Wildman–Crippen LogP) is 5.13. The second-order valence-electron chi connectivity index (χ2n) is 6.74. The van der Waals surface area contributed by atoms with Gasteiger partial charge in [-0.05, 0) is 53.6 Å². The largest absolute Gasteiger partial charge is 0.490 e. The molecule has 0 saturated heterocycles. The van der Waals surface area contributed by atoms with Crippen LogP contribution in [-0.2, 0) is 4.74 Å². The van der Waals surface area contributed by atoms with Crippen LogP contribution in [-0.4, -0.2) is 24.8 Å². The topological polar surface area (TPSA) is 60.5 Å². The number of halogens is 1. The minimum absolute atomic E-state index is 0.242. The van der Waals surface area contributed by atoms with Gasteiger partial charge in [0.1, 0.15) is 5.82 Å². The Morgan fingerprint density at radius 2 is 1.92 bits per heavy atom. The van der Waals surface area contributed by atoms with Crippen LogP contribution in [0.4, 0.5) is 15.0 Å². The van der Waals surface area contributed by atoms with E-state index in [1.807, 2.05) is 0 Å². The Bertz CT molecular complexity index is 750. The average Bonchev–Trinajstić information content (AvgIpc) is 2.60. The smallest absolute Gasteiger partial charge is 0.412 e. The maximum atomic E-state index is 14.4. The third-order valence-corrected chi connectivity index (χ3v) is 3.84. The van der Waals surface area contributed by atoms with Crippen LogP contribution in [0.25, 0.3) is 11.1 Å². The zero-order valence-corrected chi connectivity index (χ0v) is 15.6. The predicted molar refractivity (Wildman–Crippen MR) is 99.8 cm³/mol. The third kappa shape index (κ3) is 5.72. The quantitative estimate of drug-likeness (QED) is 0.744. The standard InChI is InChI=1S/C20H25FN2O3/c1-13(2)9-14(3)12-26-18-6-5-15(10-17(18)21)16-7-8-22-19(11-16)23-20(24)25-4/h5-8,10-11,13-14H,9,12H2,1-4H3,(H,22,23,24). The number of ether oxygens (including phenoxy) is 2. The monoisotopic (exact) mass is 360 g/mol. The van der Waals surface area contributed by atoms with Gasteiger partial charge in [-0.3, -0.25) is 5.32 Å². The van der Waals surface area contributed by atoms with Crippen LogP contribution >= 0.6 is 0 Å². The van der Waals surface area contributed by atoms with E-state index in [1.165, 1.54) is 19.4 Å². The fourth-order valence-electron chi connectivity index (χ4n) is 2.74. The number of nitrogens with zero attached hydrogens (tertiary/aromatic N) is 1. The van der Waals surface area contributed by atoms with Crippen LogP contribution in [0, 0.1) is 17.7 Å². The number of pyridine rings is 1. The van der Waals surface area contributed by atoms with Crippen LogP contribution in [0.5, 0.6) is 5.75 Å². The molecule has 1 aromatic heterocycles. The number of hydrogen-bond donors (Lipinski definition) is 1. The molecular formula is C20H25FN2O3. The molecule has 0 spiro atoms. The van der Waals surface area contributed by atoms with Gasteiger partial charge in [-0.25, -0.2) is 14.2 Å². The van der Waals surface area contributed by atoms with Crippen molar-refractivity contribution in [3.63, 3.8) is 0 Å². The normalized spacial score (nSPS) is 11.9. The van der Waals surface area contributed by atoms with Gasteiger partial charge in [0, 0.05) is 6.20 Å². The molecule has 0 bridgehead atoms. The molecule has 26 heavy (non-hydrogen) atoms. The Morgan fingerprint density at radius 3 is 2.58 bits per heavy atom. The van der Waals surface area contributed by atoms with Gasteiger partial charge in [0.2, 0.25) is 0 Å². The molecule has 1 atom stereocenters. The maximum Gasteiger partial charge on any atom is 0.412 e. The fraction of sp³-hybridized carbons (Fsp3) is 0.400. The zero-order chi connectivity index (χ0) is 19.1. The van der Waals surface area contributed by atoms with Gasteiger partial charge in [0.25, 0.3) is 0 Å². The summed E-state index contributed by atoms with van der Waals surface area (Å²) in [4.78, 5) is 15.3. The van der Waals surface area contributed by atoms with Gasteiger partial charge < -0.3 is 9.47 Å². The van der Waals surface area contributed by atoms with E-state index in [9.17, 15) is 9.18 Å². The molecule has 0 aliphatic heterocycles. The highest BCUT2D eigenvalue weighted by Gasteiger charge is 2.11. The summed E-state index contributed by atoms with van der Waals surface area (Å²) in [5, 5.41) is 2.49. The average molecular weight is 360 g/mol. The van der Waals surface area contributed by atoms with Gasteiger partial charge in [0.05, 0.1) is 13.7 Å². The summed E-state index contributed by atoms with van der Waals surface area (Å²) in [7, 11) is 1.27. The molecule has 1 unspecified atom stereocenters. The van der Waals surface area contributed by atoms with Gasteiger partial charge in [-0.1, -0.05) is 26.8 Å². The van der Waals surface area contributed by atoms with Crippen LogP contribution in [0.15, 0.2) is 36.5 Å². The summed E-state index contributed by atoms with van der Waals surface area (Å²) < 4.78 is 24.5. The Morgan fingerprint density at radius 1 is 1.19 bits per heavy atom. The van der Waals surface area contributed by atoms with E-state index in [1.54, 1.807) is 24.3 Å². The number of anilines is 1. The first-order valence-electron chi connectivity index (χ1n) is 8.62. The molecule has 6 heteroatoms. The second kappa shape index (κ2) is 9.17. The highest BCUT2D eigenvalue weighted by atomic mass is 19.1. The summed E-state index contributed by atoms with van der Waals surface area (Å²) in [6.45, 7) is 6.89. The van der Waals surface area contributed by atoms with Crippen LogP contribution in [0.1, 0.15) is 27.2 Å². The van der Waals surface area contributed by atoms with Gasteiger partial charge >= 0.3 is 6.09 Å². The number of benzene rings is 1. The van der Waals surface area contributed by atoms with Crippen molar-refractivity contribution < 1.29 is 18.7 Å². The Hall–Kier alpha value is -2.63. The molecule has 2 rings (SSSR count). The van der Waals surface area contributed by atoms with E-state index in [0.717, 1.165) is 12.0 Å². The van der Waals surface area contributed by atoms with Crippen molar-refractivity contribution >= 4 is 11.9 Å². The molecule has 0 fully saturated rings. The number of nitrogens with one attached hydrogen (secondary N) is 1. The van der Waals surface area contributed by atoms with E-state index >= 15 is 0 Å². The van der Waals surface area contributed by atoms with Gasteiger partial charge in [0.15, 0.2) is 11.6 Å². The van der Waals surface area contributed by atoms with Gasteiger partial charge in [-0.15, -0.1) is 0 Å². The van der Waals surface area contributed by atoms with E-state index in [-0.39, 0.29) is 5.75 Å². The molecule has 1 amide bonds. The molecule has 0 aliphatic carbocycles. The summed E-state index contributed by atoms with van der Waals surface area (Å²) in [6.07, 6.45) is 1.96. The molecule has 5 nitrogen and oxygen atoms in total. The molecule has 0 saturated carbocycles. The van der Waals surface area contributed by atoms with Crippen molar-refractivity contribution in [3.05, 3.63) is 42.3 Å². The molecule has 2 aromatic rings. The van der Waals surface area contributed by atoms with Crippen molar-refractivity contribution in [1.29, 1.82) is 0 Å². The van der Waals surface area contributed by atoms with Crippen molar-refractivity contribution in [1.82, 2.24) is 4.98 Å². The minimum atomic E-state index is -0.611. The van der Waals surface area contributed by atoms with E-state index in [0.29, 0.717) is 29.8 Å². The maximum absolute atomic E-state index is 14.4. The lowest BCUT2D eigenvalue weighted by Crippen LogP contribution is -2.12. The number of methoxy groups -OCH3 is 1. The van der Waals surface area contributed by atoms with Crippen LogP contribution in [0.3, 0.4) is 0 Å². The third-order valence-electron chi connectivity index (χ3n) is 3.84. The number of amides is 1. The number of aromatic nitrogens is 1. The molecule has 140 valence electrons. The summed E-state index contributed by atoms with van der Waals surface area (Å²) in [5.41, 5.74) is 1.39. The van der Waals surface area contributed by atoms with Crippen molar-refractivity contribution in [2.75, 3.05) is 19.0 Å². The lowest BCUT2D eigenvalue weighted by atomic mass is 10.00. The van der Waals surface area contributed by atoms with E-state index in [2.05, 4.69) is 35.8 Å². The highest BCUT2D eigenvalue weighted by molar-refractivity contribution is 5.84. The fourth-order valence-corrected chi connectivity index (χ4v) is 2.74. The van der Waals surface area contributed by atoms with Crippen molar-refractivity contribution in [2.24, 2.45) is 11.8 Å². The highest BCUT2D eigenvalue weighted by Crippen LogP contribution is 2.27. The molecular weight excluding hydrogens is 335 g/mol. The van der Waals surface area contributed by atoms with E-state index < -0.39 is 11.9 Å². The van der Waals surface area contributed by atoms with Crippen molar-refractivity contribution in [3.8, 4) is 16.9 Å². The first-order valence-corrected chi connectivity index (χ1v) is 8.62. The molecule has 1 heterocycles. The molecule has 1 aromatic carbocycles. The van der Waals surface area contributed by atoms with E-state index in [4.69, 9.17) is 4.74 Å². The van der Waals surface area contributed by atoms with Crippen LogP contribution in [0.2, 0.25) is 0 Å². The van der Waals surface area contributed by atoms with Gasteiger partial charge in [-0.2, -0.15) is 0 Å². The molecule has 0 aliphatic rings. The summed E-state index contributed by atoms with van der Waals surface area (Å²) >= 11 is 0. The summed E-state index contributed by atoms with van der Waals surface area (Å²) in [5.74, 6) is 1.10.